The summed E-state index contributed by atoms with van der Waals surface area (Å²) < 4.78 is 0. The van der Waals surface area contributed by atoms with Crippen LogP contribution in [0.5, 0.6) is 0 Å². The normalized spacial score (nSPS) is 24.9. The fourth-order valence-corrected chi connectivity index (χ4v) is 1.81. The molecule has 1 amide bonds. The number of hydrogen-bond donors (Lipinski definition) is 2. The number of nitrogens with one attached hydrogen (secondary N) is 2. The maximum Gasteiger partial charge on any atom is 0.247 e. The first-order valence-corrected chi connectivity index (χ1v) is 4.87. The Morgan fingerprint density at radius 2 is 2.29 bits per heavy atom. The van der Waals surface area contributed by atoms with Crippen LogP contribution in [0.2, 0.25) is 0 Å². The summed E-state index contributed by atoms with van der Waals surface area (Å²) in [7, 11) is 0. The Labute approximate surface area is 81.7 Å². The van der Waals surface area contributed by atoms with Gasteiger partial charge in [0, 0.05) is 6.20 Å². The molecule has 4 nitrogen and oxygen atoms in total. The van der Waals surface area contributed by atoms with Crippen molar-refractivity contribution in [2.75, 3.05) is 10.6 Å². The van der Waals surface area contributed by atoms with E-state index in [2.05, 4.69) is 15.6 Å². The molecule has 2 heterocycles. The second kappa shape index (κ2) is 2.70. The van der Waals surface area contributed by atoms with Gasteiger partial charge in [-0.25, -0.2) is 4.98 Å². The minimum Gasteiger partial charge on any atom is -0.356 e. The summed E-state index contributed by atoms with van der Waals surface area (Å²) in [6, 6.07) is 3.60. The third-order valence-corrected chi connectivity index (χ3v) is 2.73. The van der Waals surface area contributed by atoms with E-state index in [1.54, 1.807) is 6.20 Å². The molecule has 0 saturated heterocycles. The Hall–Kier alpha value is -1.58. The minimum atomic E-state index is -0.0719. The fourth-order valence-electron chi connectivity index (χ4n) is 1.81. The van der Waals surface area contributed by atoms with Gasteiger partial charge in [-0.3, -0.25) is 4.79 Å². The van der Waals surface area contributed by atoms with Crippen molar-refractivity contribution < 1.29 is 4.79 Å². The predicted molar refractivity (Wildman–Crippen MR) is 53.0 cm³/mol. The van der Waals surface area contributed by atoms with Gasteiger partial charge in [0.1, 0.15) is 11.9 Å². The highest BCUT2D eigenvalue weighted by atomic mass is 16.2. The van der Waals surface area contributed by atoms with E-state index >= 15 is 0 Å². The monoisotopic (exact) mass is 189 g/mol. The zero-order chi connectivity index (χ0) is 9.54. The van der Waals surface area contributed by atoms with Gasteiger partial charge >= 0.3 is 0 Å². The molecule has 1 aliphatic heterocycles. The van der Waals surface area contributed by atoms with E-state index in [1.165, 1.54) is 0 Å². The van der Waals surface area contributed by atoms with Gasteiger partial charge in [-0.1, -0.05) is 0 Å². The molecule has 14 heavy (non-hydrogen) atoms. The molecule has 3 rings (SSSR count). The zero-order valence-corrected chi connectivity index (χ0v) is 7.66. The highest BCUT2D eigenvalue weighted by Gasteiger charge is 2.39. The molecule has 4 heteroatoms. The van der Waals surface area contributed by atoms with Crippen LogP contribution in [0.4, 0.5) is 11.5 Å². The van der Waals surface area contributed by atoms with Crippen molar-refractivity contribution in [2.24, 2.45) is 5.92 Å². The van der Waals surface area contributed by atoms with Gasteiger partial charge in [0.05, 0.1) is 5.69 Å². The summed E-state index contributed by atoms with van der Waals surface area (Å²) in [5.74, 6) is 1.38. The topological polar surface area (TPSA) is 54.0 Å². The van der Waals surface area contributed by atoms with Crippen LogP contribution in [0.15, 0.2) is 18.3 Å². The Bertz CT molecular complexity index is 387. The Balaban J connectivity index is 1.94. The zero-order valence-electron chi connectivity index (χ0n) is 7.66. The summed E-state index contributed by atoms with van der Waals surface area (Å²) in [6.45, 7) is 0. The average Bonchev–Trinajstić information content (AvgIpc) is 3.00. The molecule has 1 aromatic rings. The SMILES string of the molecule is O=C1Nc2cccnc2NC1C1CC1. The third kappa shape index (κ3) is 1.14. The molecule has 1 saturated carbocycles. The predicted octanol–water partition coefficient (Wildman–Crippen LogP) is 1.22. The lowest BCUT2D eigenvalue weighted by Gasteiger charge is -2.25. The van der Waals surface area contributed by atoms with Crippen molar-refractivity contribution in [2.45, 2.75) is 18.9 Å². The summed E-state index contributed by atoms with van der Waals surface area (Å²) in [5, 5.41) is 6.05. The number of anilines is 2. The van der Waals surface area contributed by atoms with Gasteiger partial charge in [-0.15, -0.1) is 0 Å². The lowest BCUT2D eigenvalue weighted by atomic mass is 10.1. The average molecular weight is 189 g/mol. The maximum absolute atomic E-state index is 11.6. The van der Waals surface area contributed by atoms with Crippen LogP contribution >= 0.6 is 0 Å². The molecule has 1 aromatic heterocycles. The molecule has 0 radical (unpaired) electrons. The van der Waals surface area contributed by atoms with Gasteiger partial charge in [-0.2, -0.15) is 0 Å². The van der Waals surface area contributed by atoms with E-state index in [9.17, 15) is 4.79 Å². The second-order valence-electron chi connectivity index (χ2n) is 3.85. The fraction of sp³-hybridized carbons (Fsp3) is 0.400. The molecular formula is C10H11N3O. The van der Waals surface area contributed by atoms with E-state index in [0.717, 1.165) is 24.3 Å². The summed E-state index contributed by atoms with van der Waals surface area (Å²) >= 11 is 0. The van der Waals surface area contributed by atoms with Gasteiger partial charge in [-0.05, 0) is 30.9 Å². The van der Waals surface area contributed by atoms with Gasteiger partial charge in [0.2, 0.25) is 5.91 Å². The van der Waals surface area contributed by atoms with Crippen molar-refractivity contribution >= 4 is 17.4 Å². The van der Waals surface area contributed by atoms with E-state index in [-0.39, 0.29) is 11.9 Å². The molecular weight excluding hydrogens is 178 g/mol. The van der Waals surface area contributed by atoms with Crippen molar-refractivity contribution in [1.29, 1.82) is 0 Å². The van der Waals surface area contributed by atoms with E-state index in [4.69, 9.17) is 0 Å². The third-order valence-electron chi connectivity index (χ3n) is 2.73. The highest BCUT2D eigenvalue weighted by molar-refractivity contribution is 6.02. The van der Waals surface area contributed by atoms with E-state index < -0.39 is 0 Å². The largest absolute Gasteiger partial charge is 0.356 e. The number of rotatable bonds is 1. The van der Waals surface area contributed by atoms with E-state index in [0.29, 0.717) is 5.92 Å². The molecule has 0 spiro atoms. The first-order valence-electron chi connectivity index (χ1n) is 4.87. The lowest BCUT2D eigenvalue weighted by molar-refractivity contribution is -0.117. The molecule has 1 unspecified atom stereocenters. The molecule has 1 fully saturated rings. The smallest absolute Gasteiger partial charge is 0.247 e. The summed E-state index contributed by atoms with van der Waals surface area (Å²) in [5.41, 5.74) is 0.786. The number of nitrogens with zero attached hydrogens (tertiary/aromatic N) is 1. The number of carbonyl (C=O) groups excluding carboxylic acids is 1. The number of carbonyl (C=O) groups is 1. The first-order chi connectivity index (χ1) is 6.84. The number of pyridine rings is 1. The van der Waals surface area contributed by atoms with Crippen molar-refractivity contribution in [3.05, 3.63) is 18.3 Å². The van der Waals surface area contributed by atoms with Crippen LogP contribution in [-0.2, 0) is 4.79 Å². The van der Waals surface area contributed by atoms with Crippen LogP contribution in [0.3, 0.4) is 0 Å². The molecule has 2 N–H and O–H groups in total. The number of hydrogen-bond acceptors (Lipinski definition) is 3. The molecule has 0 bridgehead atoms. The number of aromatic nitrogens is 1. The van der Waals surface area contributed by atoms with Crippen LogP contribution in [0.25, 0.3) is 0 Å². The Kier molecular flexibility index (Phi) is 1.50. The molecule has 72 valence electrons. The lowest BCUT2D eigenvalue weighted by Crippen LogP contribution is -2.40. The van der Waals surface area contributed by atoms with Crippen LogP contribution in [-0.4, -0.2) is 16.9 Å². The second-order valence-corrected chi connectivity index (χ2v) is 3.85. The Morgan fingerprint density at radius 1 is 1.43 bits per heavy atom. The molecule has 2 aliphatic rings. The van der Waals surface area contributed by atoms with Gasteiger partial charge in [0.25, 0.3) is 0 Å². The van der Waals surface area contributed by atoms with Crippen LogP contribution in [0, 0.1) is 5.92 Å². The first kappa shape index (κ1) is 7.79. The quantitative estimate of drug-likeness (QED) is 0.698. The van der Waals surface area contributed by atoms with Crippen LogP contribution < -0.4 is 10.6 Å². The molecule has 1 atom stereocenters. The highest BCUT2D eigenvalue weighted by Crippen LogP contribution is 2.37. The minimum absolute atomic E-state index is 0.0719. The summed E-state index contributed by atoms with van der Waals surface area (Å²) in [6.07, 6.45) is 4.02. The van der Waals surface area contributed by atoms with Crippen molar-refractivity contribution in [3.63, 3.8) is 0 Å². The van der Waals surface area contributed by atoms with Gasteiger partial charge < -0.3 is 10.6 Å². The molecule has 0 aromatic carbocycles. The number of amides is 1. The van der Waals surface area contributed by atoms with Crippen molar-refractivity contribution in [1.82, 2.24) is 4.98 Å². The standard InChI is InChI=1S/C10H11N3O/c14-10-8(6-3-4-6)13-9-7(12-10)2-1-5-11-9/h1-2,5-6,8H,3-4H2,(H,11,13)(H,12,14). The van der Waals surface area contributed by atoms with Crippen LogP contribution in [0.1, 0.15) is 12.8 Å². The van der Waals surface area contributed by atoms with Gasteiger partial charge in [0.15, 0.2) is 0 Å². The molecule has 1 aliphatic carbocycles. The number of fused-ring (bicyclic) bond motifs is 1. The van der Waals surface area contributed by atoms with Crippen molar-refractivity contribution in [3.8, 4) is 0 Å². The van der Waals surface area contributed by atoms with E-state index in [1.807, 2.05) is 12.1 Å². The Morgan fingerprint density at radius 3 is 3.07 bits per heavy atom. The summed E-state index contributed by atoms with van der Waals surface area (Å²) in [4.78, 5) is 15.8. The maximum atomic E-state index is 11.6.